The van der Waals surface area contributed by atoms with Crippen LogP contribution >= 0.6 is 0 Å². The van der Waals surface area contributed by atoms with Gasteiger partial charge >= 0.3 is 5.97 Å². The lowest BCUT2D eigenvalue weighted by Crippen LogP contribution is -2.49. The van der Waals surface area contributed by atoms with E-state index < -0.39 is 0 Å². The number of fused-ring (bicyclic) bond motifs is 1. The molecule has 0 bridgehead atoms. The van der Waals surface area contributed by atoms with Gasteiger partial charge in [0.05, 0.1) is 24.0 Å². The van der Waals surface area contributed by atoms with Crippen LogP contribution < -0.4 is 10.2 Å². The third-order valence-corrected chi connectivity index (χ3v) is 3.20. The summed E-state index contributed by atoms with van der Waals surface area (Å²) in [6.07, 6.45) is 0. The summed E-state index contributed by atoms with van der Waals surface area (Å²) in [6.45, 7) is 8.14. The number of para-hydroxylation sites is 1. The molecular formula is C14H20N2O2. The molecule has 4 nitrogen and oxygen atoms in total. The second-order valence-corrected chi connectivity index (χ2v) is 5.22. The van der Waals surface area contributed by atoms with Gasteiger partial charge in [-0.05, 0) is 32.9 Å². The summed E-state index contributed by atoms with van der Waals surface area (Å²) in [7, 11) is 1.41. The number of carbonyl (C=O) groups excluding carboxylic acids is 1. The molecule has 2 rings (SSSR count). The first kappa shape index (κ1) is 12.7. The van der Waals surface area contributed by atoms with Crippen LogP contribution in [0, 0.1) is 0 Å². The zero-order chi connectivity index (χ0) is 13.3. The first-order valence-corrected chi connectivity index (χ1v) is 6.23. The molecule has 0 spiro atoms. The average Bonchev–Trinajstić information content (AvgIpc) is 2.34. The van der Waals surface area contributed by atoms with Gasteiger partial charge in [-0.15, -0.1) is 0 Å². The van der Waals surface area contributed by atoms with E-state index in [1.807, 2.05) is 18.2 Å². The van der Waals surface area contributed by atoms with Crippen LogP contribution in [0.5, 0.6) is 0 Å². The number of benzene rings is 1. The first-order valence-electron chi connectivity index (χ1n) is 6.23. The molecule has 1 aromatic carbocycles. The SMILES string of the molecule is CCN1CC(C)(C)Nc2cccc(C(=O)OC)c21. The topological polar surface area (TPSA) is 41.6 Å². The van der Waals surface area contributed by atoms with E-state index in [2.05, 4.69) is 31.0 Å². The minimum atomic E-state index is -0.285. The number of esters is 1. The number of nitrogens with zero attached hydrogens (tertiary/aromatic N) is 1. The molecule has 1 N–H and O–H groups in total. The van der Waals surface area contributed by atoms with Crippen molar-refractivity contribution in [2.45, 2.75) is 26.3 Å². The smallest absolute Gasteiger partial charge is 0.340 e. The maximum atomic E-state index is 11.8. The fourth-order valence-electron chi connectivity index (χ4n) is 2.49. The van der Waals surface area contributed by atoms with Gasteiger partial charge in [0.15, 0.2) is 0 Å². The Morgan fingerprint density at radius 2 is 2.22 bits per heavy atom. The van der Waals surface area contributed by atoms with Crippen LogP contribution in [0.25, 0.3) is 0 Å². The predicted octanol–water partition coefficient (Wildman–Crippen LogP) is 2.50. The number of hydrogen-bond acceptors (Lipinski definition) is 4. The van der Waals surface area contributed by atoms with Crippen LogP contribution in [-0.4, -0.2) is 31.7 Å². The van der Waals surface area contributed by atoms with E-state index in [9.17, 15) is 4.79 Å². The molecule has 0 fully saturated rings. The van der Waals surface area contributed by atoms with Crippen LogP contribution in [-0.2, 0) is 4.74 Å². The highest BCUT2D eigenvalue weighted by Gasteiger charge is 2.31. The molecule has 0 saturated heterocycles. The number of methoxy groups -OCH3 is 1. The summed E-state index contributed by atoms with van der Waals surface area (Å²) < 4.78 is 4.85. The van der Waals surface area contributed by atoms with Crippen molar-refractivity contribution in [3.05, 3.63) is 23.8 Å². The lowest BCUT2D eigenvalue weighted by atomic mass is 9.97. The Morgan fingerprint density at radius 1 is 1.50 bits per heavy atom. The van der Waals surface area contributed by atoms with Gasteiger partial charge in [0.1, 0.15) is 0 Å². The van der Waals surface area contributed by atoms with Gasteiger partial charge in [0.25, 0.3) is 0 Å². The molecule has 0 aromatic heterocycles. The average molecular weight is 248 g/mol. The van der Waals surface area contributed by atoms with Crippen LogP contribution in [0.4, 0.5) is 11.4 Å². The minimum Gasteiger partial charge on any atom is -0.465 e. The Balaban J connectivity index is 2.54. The first-order chi connectivity index (χ1) is 8.48. The van der Waals surface area contributed by atoms with E-state index in [1.54, 1.807) is 0 Å². The molecule has 0 saturated carbocycles. The summed E-state index contributed by atoms with van der Waals surface area (Å²) >= 11 is 0. The molecule has 1 heterocycles. The van der Waals surface area contributed by atoms with Gasteiger partial charge in [-0.1, -0.05) is 6.07 Å². The number of anilines is 2. The maximum absolute atomic E-state index is 11.8. The Bertz CT molecular complexity index is 469. The van der Waals surface area contributed by atoms with Crippen molar-refractivity contribution in [3.8, 4) is 0 Å². The van der Waals surface area contributed by atoms with Crippen molar-refractivity contribution in [2.24, 2.45) is 0 Å². The summed E-state index contributed by atoms with van der Waals surface area (Å²) in [4.78, 5) is 14.1. The van der Waals surface area contributed by atoms with E-state index in [0.29, 0.717) is 5.56 Å². The molecule has 18 heavy (non-hydrogen) atoms. The van der Waals surface area contributed by atoms with Crippen LogP contribution in [0.2, 0.25) is 0 Å². The van der Waals surface area contributed by atoms with E-state index in [-0.39, 0.29) is 11.5 Å². The van der Waals surface area contributed by atoms with Crippen molar-refractivity contribution >= 4 is 17.3 Å². The fraction of sp³-hybridized carbons (Fsp3) is 0.500. The molecule has 1 aliphatic rings. The van der Waals surface area contributed by atoms with Crippen molar-refractivity contribution in [1.82, 2.24) is 0 Å². The highest BCUT2D eigenvalue weighted by molar-refractivity contribution is 6.00. The van der Waals surface area contributed by atoms with Crippen LogP contribution in [0.15, 0.2) is 18.2 Å². The Hall–Kier alpha value is -1.71. The number of rotatable bonds is 2. The van der Waals surface area contributed by atoms with Crippen LogP contribution in [0.3, 0.4) is 0 Å². The second-order valence-electron chi connectivity index (χ2n) is 5.22. The second kappa shape index (κ2) is 4.52. The maximum Gasteiger partial charge on any atom is 0.340 e. The number of likely N-dealkylation sites (N-methyl/N-ethyl adjacent to an activating group) is 1. The lowest BCUT2D eigenvalue weighted by molar-refractivity contribution is 0.0601. The lowest BCUT2D eigenvalue weighted by Gasteiger charge is -2.42. The third kappa shape index (κ3) is 2.15. The van der Waals surface area contributed by atoms with Crippen molar-refractivity contribution in [2.75, 3.05) is 30.4 Å². The van der Waals surface area contributed by atoms with Gasteiger partial charge < -0.3 is 15.0 Å². The summed E-state index contributed by atoms with van der Waals surface area (Å²) in [5.74, 6) is -0.285. The molecule has 1 aliphatic heterocycles. The minimum absolute atomic E-state index is 0.00223. The van der Waals surface area contributed by atoms with Gasteiger partial charge in [0, 0.05) is 18.6 Å². The molecule has 98 valence electrons. The molecule has 0 radical (unpaired) electrons. The predicted molar refractivity (Wildman–Crippen MR) is 73.4 cm³/mol. The molecule has 0 amide bonds. The zero-order valence-corrected chi connectivity index (χ0v) is 11.4. The van der Waals surface area contributed by atoms with E-state index in [4.69, 9.17) is 4.74 Å². The van der Waals surface area contributed by atoms with Gasteiger partial charge in [-0.2, -0.15) is 0 Å². The summed E-state index contributed by atoms with van der Waals surface area (Å²) in [5.41, 5.74) is 2.57. The number of carbonyl (C=O) groups is 1. The zero-order valence-electron chi connectivity index (χ0n) is 11.4. The number of hydrogen-bond donors (Lipinski definition) is 1. The van der Waals surface area contributed by atoms with E-state index in [0.717, 1.165) is 24.5 Å². The molecular weight excluding hydrogens is 228 g/mol. The largest absolute Gasteiger partial charge is 0.465 e. The monoisotopic (exact) mass is 248 g/mol. The quantitative estimate of drug-likeness (QED) is 0.816. The molecule has 0 aliphatic carbocycles. The van der Waals surface area contributed by atoms with E-state index in [1.165, 1.54) is 7.11 Å². The number of ether oxygens (including phenoxy) is 1. The fourth-order valence-corrected chi connectivity index (χ4v) is 2.49. The molecule has 0 unspecified atom stereocenters. The van der Waals surface area contributed by atoms with E-state index >= 15 is 0 Å². The Kier molecular flexibility index (Phi) is 3.20. The number of nitrogens with one attached hydrogen (secondary N) is 1. The highest BCUT2D eigenvalue weighted by Crippen LogP contribution is 2.37. The summed E-state index contributed by atoms with van der Waals surface area (Å²) in [6, 6.07) is 5.70. The van der Waals surface area contributed by atoms with Crippen LogP contribution in [0.1, 0.15) is 31.1 Å². The van der Waals surface area contributed by atoms with Gasteiger partial charge in [0.2, 0.25) is 0 Å². The van der Waals surface area contributed by atoms with Crippen molar-refractivity contribution < 1.29 is 9.53 Å². The standard InChI is InChI=1S/C14H20N2O2/c1-5-16-9-14(2,3)15-11-8-6-7-10(12(11)16)13(17)18-4/h6-8,15H,5,9H2,1-4H3. The van der Waals surface area contributed by atoms with Gasteiger partial charge in [-0.25, -0.2) is 4.79 Å². The molecule has 0 atom stereocenters. The van der Waals surface area contributed by atoms with Crippen molar-refractivity contribution in [1.29, 1.82) is 0 Å². The molecule has 4 heteroatoms. The van der Waals surface area contributed by atoms with Crippen molar-refractivity contribution in [3.63, 3.8) is 0 Å². The molecule has 1 aromatic rings. The Labute approximate surface area is 108 Å². The Morgan fingerprint density at radius 3 is 2.83 bits per heavy atom. The highest BCUT2D eigenvalue weighted by atomic mass is 16.5. The third-order valence-electron chi connectivity index (χ3n) is 3.20. The normalized spacial score (nSPS) is 16.8. The summed E-state index contributed by atoms with van der Waals surface area (Å²) in [5, 5.41) is 3.47. The van der Waals surface area contributed by atoms with Gasteiger partial charge in [-0.3, -0.25) is 0 Å².